The maximum absolute atomic E-state index is 3.33. The molecule has 0 rings (SSSR count). The van der Waals surface area contributed by atoms with Crippen molar-refractivity contribution in [1.29, 1.82) is 0 Å². The van der Waals surface area contributed by atoms with Gasteiger partial charge in [-0.05, 0) is 54.1 Å². The molecule has 0 aromatic rings. The van der Waals surface area contributed by atoms with Gasteiger partial charge in [-0.25, -0.2) is 0 Å². The average Bonchev–Trinajstić information content (AvgIpc) is 2.23. The largest absolute Gasteiger partial charge is 0.317 e. The molecule has 16 heavy (non-hydrogen) atoms. The van der Waals surface area contributed by atoms with E-state index in [4.69, 9.17) is 0 Å². The third-order valence-corrected chi connectivity index (χ3v) is 3.44. The van der Waals surface area contributed by atoms with E-state index in [1.54, 1.807) is 0 Å². The quantitative estimate of drug-likeness (QED) is 0.609. The summed E-state index contributed by atoms with van der Waals surface area (Å²) < 4.78 is 0. The fourth-order valence-corrected chi connectivity index (χ4v) is 2.30. The van der Waals surface area contributed by atoms with Crippen LogP contribution in [-0.2, 0) is 0 Å². The van der Waals surface area contributed by atoms with Crippen LogP contribution >= 0.6 is 0 Å². The third kappa shape index (κ3) is 6.49. The average molecular weight is 228 g/mol. The van der Waals surface area contributed by atoms with Crippen LogP contribution < -0.4 is 5.32 Å². The lowest BCUT2D eigenvalue weighted by Crippen LogP contribution is -2.42. The molecule has 0 aliphatic rings. The van der Waals surface area contributed by atoms with E-state index in [0.29, 0.717) is 18.1 Å². The summed E-state index contributed by atoms with van der Waals surface area (Å²) in [5.41, 5.74) is 0. The number of unbranched alkanes of at least 4 members (excludes halogenated alkanes) is 2. The lowest BCUT2D eigenvalue weighted by atomic mass is 10.1. The number of rotatable bonds is 9. The SMILES string of the molecule is CCCCCN(C(C)C)C(C)CC(C)NC. The van der Waals surface area contributed by atoms with Crippen LogP contribution in [0.3, 0.4) is 0 Å². The van der Waals surface area contributed by atoms with E-state index in [1.165, 1.54) is 32.2 Å². The molecule has 0 bridgehead atoms. The van der Waals surface area contributed by atoms with Crippen molar-refractivity contribution in [2.75, 3.05) is 13.6 Å². The van der Waals surface area contributed by atoms with Gasteiger partial charge in [0.15, 0.2) is 0 Å². The van der Waals surface area contributed by atoms with Crippen LogP contribution in [0.15, 0.2) is 0 Å². The normalized spacial score (nSPS) is 15.8. The van der Waals surface area contributed by atoms with Crippen molar-refractivity contribution >= 4 is 0 Å². The highest BCUT2D eigenvalue weighted by Gasteiger charge is 2.18. The predicted molar refractivity (Wildman–Crippen MR) is 74.0 cm³/mol. The van der Waals surface area contributed by atoms with E-state index < -0.39 is 0 Å². The highest BCUT2D eigenvalue weighted by molar-refractivity contribution is 4.75. The molecule has 0 aliphatic carbocycles. The molecule has 0 spiro atoms. The van der Waals surface area contributed by atoms with Crippen molar-refractivity contribution in [3.8, 4) is 0 Å². The van der Waals surface area contributed by atoms with Crippen LogP contribution in [0.5, 0.6) is 0 Å². The van der Waals surface area contributed by atoms with Gasteiger partial charge in [-0.15, -0.1) is 0 Å². The zero-order valence-corrected chi connectivity index (χ0v) is 12.2. The second kappa shape index (κ2) is 9.00. The summed E-state index contributed by atoms with van der Waals surface area (Å²) in [5, 5.41) is 3.33. The molecule has 98 valence electrons. The third-order valence-electron chi connectivity index (χ3n) is 3.44. The van der Waals surface area contributed by atoms with Gasteiger partial charge >= 0.3 is 0 Å². The standard InChI is InChI=1S/C14H32N2/c1-7-8-9-10-16(12(2)3)14(5)11-13(4)15-6/h12-15H,7-11H2,1-6H3. The van der Waals surface area contributed by atoms with Gasteiger partial charge in [0.1, 0.15) is 0 Å². The lowest BCUT2D eigenvalue weighted by molar-refractivity contribution is 0.146. The van der Waals surface area contributed by atoms with E-state index in [9.17, 15) is 0 Å². The molecule has 0 saturated heterocycles. The first-order valence-corrected chi connectivity index (χ1v) is 6.95. The molecule has 0 aliphatic heterocycles. The van der Waals surface area contributed by atoms with Gasteiger partial charge in [-0.3, -0.25) is 4.90 Å². The van der Waals surface area contributed by atoms with Gasteiger partial charge < -0.3 is 5.32 Å². The molecule has 0 fully saturated rings. The zero-order chi connectivity index (χ0) is 12.6. The van der Waals surface area contributed by atoms with Crippen LogP contribution in [-0.4, -0.2) is 36.6 Å². The monoisotopic (exact) mass is 228 g/mol. The molecule has 0 saturated carbocycles. The molecule has 2 nitrogen and oxygen atoms in total. The van der Waals surface area contributed by atoms with Gasteiger partial charge in [0.05, 0.1) is 0 Å². The molecule has 0 aromatic carbocycles. The van der Waals surface area contributed by atoms with Crippen LogP contribution in [0.4, 0.5) is 0 Å². The Kier molecular flexibility index (Phi) is 8.96. The van der Waals surface area contributed by atoms with Crippen molar-refractivity contribution in [1.82, 2.24) is 10.2 Å². The van der Waals surface area contributed by atoms with Crippen LogP contribution in [0, 0.1) is 0 Å². The van der Waals surface area contributed by atoms with Crippen molar-refractivity contribution in [3.63, 3.8) is 0 Å². The fourth-order valence-electron chi connectivity index (χ4n) is 2.30. The molecule has 0 heterocycles. The number of nitrogens with zero attached hydrogens (tertiary/aromatic N) is 1. The second-order valence-corrected chi connectivity index (χ2v) is 5.31. The Morgan fingerprint density at radius 1 is 1.06 bits per heavy atom. The van der Waals surface area contributed by atoms with Crippen LogP contribution in [0.2, 0.25) is 0 Å². The van der Waals surface area contributed by atoms with Gasteiger partial charge in [0.25, 0.3) is 0 Å². The Hall–Kier alpha value is -0.0800. The fraction of sp³-hybridized carbons (Fsp3) is 1.00. The van der Waals surface area contributed by atoms with Crippen LogP contribution in [0.25, 0.3) is 0 Å². The van der Waals surface area contributed by atoms with Gasteiger partial charge in [-0.1, -0.05) is 19.8 Å². The number of hydrogen-bond acceptors (Lipinski definition) is 2. The first-order chi connectivity index (χ1) is 7.52. The van der Waals surface area contributed by atoms with E-state index in [1.807, 2.05) is 7.05 Å². The van der Waals surface area contributed by atoms with Gasteiger partial charge in [0.2, 0.25) is 0 Å². The number of nitrogens with one attached hydrogen (secondary N) is 1. The molecule has 0 amide bonds. The van der Waals surface area contributed by atoms with Crippen LogP contribution in [0.1, 0.15) is 60.3 Å². The highest BCUT2D eigenvalue weighted by Crippen LogP contribution is 2.12. The Balaban J connectivity index is 4.07. The molecule has 0 radical (unpaired) electrons. The van der Waals surface area contributed by atoms with Gasteiger partial charge in [0, 0.05) is 18.1 Å². The molecular weight excluding hydrogens is 196 g/mol. The summed E-state index contributed by atoms with van der Waals surface area (Å²) in [6.07, 6.45) is 5.25. The lowest BCUT2D eigenvalue weighted by Gasteiger charge is -2.34. The first kappa shape index (κ1) is 15.9. The topological polar surface area (TPSA) is 15.3 Å². The van der Waals surface area contributed by atoms with Crippen molar-refractivity contribution < 1.29 is 0 Å². The van der Waals surface area contributed by atoms with E-state index in [0.717, 1.165) is 0 Å². The van der Waals surface area contributed by atoms with Crippen molar-refractivity contribution in [2.24, 2.45) is 0 Å². The summed E-state index contributed by atoms with van der Waals surface area (Å²) in [7, 11) is 2.05. The minimum Gasteiger partial charge on any atom is -0.317 e. The molecular formula is C14H32N2. The van der Waals surface area contributed by atoms with E-state index in [2.05, 4.69) is 44.8 Å². The van der Waals surface area contributed by atoms with Crippen molar-refractivity contribution in [3.05, 3.63) is 0 Å². The maximum atomic E-state index is 3.33. The number of hydrogen-bond donors (Lipinski definition) is 1. The maximum Gasteiger partial charge on any atom is 0.00843 e. The minimum absolute atomic E-state index is 0.613. The first-order valence-electron chi connectivity index (χ1n) is 6.95. The van der Waals surface area contributed by atoms with Gasteiger partial charge in [-0.2, -0.15) is 0 Å². The molecule has 2 atom stereocenters. The summed E-state index contributed by atoms with van der Waals surface area (Å²) in [6, 6.07) is 1.96. The summed E-state index contributed by atoms with van der Waals surface area (Å²) >= 11 is 0. The minimum atomic E-state index is 0.613. The van der Waals surface area contributed by atoms with E-state index >= 15 is 0 Å². The Labute approximate surface area is 103 Å². The summed E-state index contributed by atoms with van der Waals surface area (Å²) in [5.74, 6) is 0. The van der Waals surface area contributed by atoms with E-state index in [-0.39, 0.29) is 0 Å². The molecule has 2 unspecified atom stereocenters. The zero-order valence-electron chi connectivity index (χ0n) is 12.2. The summed E-state index contributed by atoms with van der Waals surface area (Å²) in [6.45, 7) is 12.8. The molecule has 0 aromatic heterocycles. The Morgan fingerprint density at radius 3 is 2.12 bits per heavy atom. The van der Waals surface area contributed by atoms with Crippen molar-refractivity contribution in [2.45, 2.75) is 78.4 Å². The smallest absolute Gasteiger partial charge is 0.00843 e. The highest BCUT2D eigenvalue weighted by atomic mass is 15.2. The second-order valence-electron chi connectivity index (χ2n) is 5.31. The Morgan fingerprint density at radius 2 is 1.69 bits per heavy atom. The predicted octanol–water partition coefficient (Wildman–Crippen LogP) is 3.27. The Bertz CT molecular complexity index is 157. The molecule has 2 heteroatoms. The summed E-state index contributed by atoms with van der Waals surface area (Å²) in [4.78, 5) is 2.64. The molecule has 1 N–H and O–H groups in total.